The summed E-state index contributed by atoms with van der Waals surface area (Å²) in [6.07, 6.45) is 1.41. The number of fused-ring (bicyclic) bond motifs is 1. The molecule has 0 spiro atoms. The van der Waals surface area contributed by atoms with Crippen LogP contribution < -0.4 is 15.5 Å². The van der Waals surface area contributed by atoms with Crippen molar-refractivity contribution in [3.05, 3.63) is 65.0 Å². The molecule has 0 aliphatic heterocycles. The molecule has 0 aliphatic carbocycles. The fraction of sp³-hybridized carbons (Fsp3) is 0.190. The Labute approximate surface area is 160 Å². The lowest BCUT2D eigenvalue weighted by molar-refractivity contribution is -0.144. The summed E-state index contributed by atoms with van der Waals surface area (Å²) in [6, 6.07) is 13.2. The van der Waals surface area contributed by atoms with Crippen molar-refractivity contribution in [2.75, 3.05) is 13.7 Å². The highest BCUT2D eigenvalue weighted by molar-refractivity contribution is 5.85. The Balaban J connectivity index is 1.74. The Hall–Kier alpha value is -3.61. The number of hydrogen-bond donors (Lipinski definition) is 1. The number of amides is 1. The molecule has 1 unspecified atom stereocenters. The molecule has 0 radical (unpaired) electrons. The second-order valence-electron chi connectivity index (χ2n) is 6.10. The normalized spacial score (nSPS) is 11.6. The van der Waals surface area contributed by atoms with Gasteiger partial charge in [-0.1, -0.05) is 30.3 Å². The number of esters is 1. The summed E-state index contributed by atoms with van der Waals surface area (Å²) in [5.74, 6) is -0.655. The van der Waals surface area contributed by atoms with E-state index >= 15 is 0 Å². The summed E-state index contributed by atoms with van der Waals surface area (Å²) < 4.78 is 15.6. The van der Waals surface area contributed by atoms with Gasteiger partial charge in [-0.15, -0.1) is 0 Å². The number of methoxy groups -OCH3 is 1. The van der Waals surface area contributed by atoms with E-state index in [0.717, 1.165) is 5.56 Å². The fourth-order valence-electron chi connectivity index (χ4n) is 2.68. The van der Waals surface area contributed by atoms with Crippen LogP contribution >= 0.6 is 0 Å². The summed E-state index contributed by atoms with van der Waals surface area (Å²) in [4.78, 5) is 35.9. The summed E-state index contributed by atoms with van der Waals surface area (Å²) in [7, 11) is 1.24. The lowest BCUT2D eigenvalue weighted by atomic mass is 10.1. The number of rotatable bonds is 6. The van der Waals surface area contributed by atoms with Crippen LogP contribution in [0.4, 0.5) is 0 Å². The molecule has 0 aliphatic rings. The summed E-state index contributed by atoms with van der Waals surface area (Å²) >= 11 is 0. The first-order chi connectivity index (χ1) is 13.5. The summed E-state index contributed by atoms with van der Waals surface area (Å²) in [5.41, 5.74) is 1.45. The van der Waals surface area contributed by atoms with Crippen LogP contribution in [0.1, 0.15) is 6.92 Å². The van der Waals surface area contributed by atoms with E-state index in [-0.39, 0.29) is 12.0 Å². The third-order valence-corrected chi connectivity index (χ3v) is 4.13. The molecular weight excluding hydrogens is 362 g/mol. The van der Waals surface area contributed by atoms with Gasteiger partial charge in [-0.3, -0.25) is 9.59 Å². The standard InChI is InChI=1S/C21H19NO6/c1-13(21(25)26-2)22-19(23)12-27-15-8-9-16-18(10-15)28-11-17(20(16)24)14-6-4-3-5-7-14/h3-11,13H,12H2,1-2H3,(H,22,23). The van der Waals surface area contributed by atoms with Crippen LogP contribution in [0.3, 0.4) is 0 Å². The minimum Gasteiger partial charge on any atom is -0.484 e. The molecule has 2 aromatic carbocycles. The third kappa shape index (κ3) is 4.20. The first kappa shape index (κ1) is 19.2. The van der Waals surface area contributed by atoms with Crippen molar-refractivity contribution in [1.82, 2.24) is 5.32 Å². The molecule has 1 N–H and O–H groups in total. The van der Waals surface area contributed by atoms with Gasteiger partial charge >= 0.3 is 5.97 Å². The lowest BCUT2D eigenvalue weighted by Crippen LogP contribution is -2.41. The van der Waals surface area contributed by atoms with Gasteiger partial charge in [0.1, 0.15) is 23.6 Å². The molecule has 0 fully saturated rings. The Kier molecular flexibility index (Phi) is 5.74. The molecule has 0 saturated carbocycles. The molecule has 1 aromatic heterocycles. The maximum Gasteiger partial charge on any atom is 0.328 e. The molecule has 1 heterocycles. The van der Waals surface area contributed by atoms with Crippen molar-refractivity contribution in [2.45, 2.75) is 13.0 Å². The smallest absolute Gasteiger partial charge is 0.328 e. The van der Waals surface area contributed by atoms with Gasteiger partial charge < -0.3 is 19.2 Å². The van der Waals surface area contributed by atoms with E-state index in [0.29, 0.717) is 22.3 Å². The maximum absolute atomic E-state index is 12.7. The first-order valence-electron chi connectivity index (χ1n) is 8.60. The summed E-state index contributed by atoms with van der Waals surface area (Å²) in [5, 5.41) is 2.88. The van der Waals surface area contributed by atoms with E-state index in [9.17, 15) is 14.4 Å². The molecule has 144 valence electrons. The molecule has 28 heavy (non-hydrogen) atoms. The molecule has 0 saturated heterocycles. The van der Waals surface area contributed by atoms with Crippen molar-refractivity contribution in [3.63, 3.8) is 0 Å². The van der Waals surface area contributed by atoms with Gasteiger partial charge in [-0.2, -0.15) is 0 Å². The van der Waals surface area contributed by atoms with Gasteiger partial charge in [0.15, 0.2) is 12.0 Å². The molecule has 3 rings (SSSR count). The minimum absolute atomic E-state index is 0.149. The number of benzene rings is 2. The first-order valence-corrected chi connectivity index (χ1v) is 8.60. The van der Waals surface area contributed by atoms with Gasteiger partial charge in [0, 0.05) is 6.07 Å². The van der Waals surface area contributed by atoms with Gasteiger partial charge in [0.25, 0.3) is 5.91 Å². The predicted octanol–water partition coefficient (Wildman–Crippen LogP) is 2.52. The van der Waals surface area contributed by atoms with E-state index < -0.39 is 17.9 Å². The van der Waals surface area contributed by atoms with Gasteiger partial charge in [0.05, 0.1) is 18.1 Å². The van der Waals surface area contributed by atoms with Crippen LogP contribution in [0.15, 0.2) is 64.0 Å². The Bertz CT molecular complexity index is 1060. The summed E-state index contributed by atoms with van der Waals surface area (Å²) in [6.45, 7) is 1.22. The number of carbonyl (C=O) groups excluding carboxylic acids is 2. The van der Waals surface area contributed by atoms with E-state index in [2.05, 4.69) is 10.1 Å². The Morgan fingerprint density at radius 3 is 2.61 bits per heavy atom. The SMILES string of the molecule is COC(=O)C(C)NC(=O)COc1ccc2c(=O)c(-c3ccccc3)coc2c1. The molecule has 1 amide bonds. The second kappa shape index (κ2) is 8.39. The zero-order valence-corrected chi connectivity index (χ0v) is 15.4. The minimum atomic E-state index is -0.771. The molecule has 7 heteroatoms. The van der Waals surface area contributed by atoms with Gasteiger partial charge in [-0.05, 0) is 24.6 Å². The molecule has 0 bridgehead atoms. The second-order valence-corrected chi connectivity index (χ2v) is 6.10. The highest BCUT2D eigenvalue weighted by atomic mass is 16.5. The predicted molar refractivity (Wildman–Crippen MR) is 103 cm³/mol. The average Bonchev–Trinajstić information content (AvgIpc) is 2.72. The number of nitrogens with one attached hydrogen (secondary N) is 1. The number of carbonyl (C=O) groups is 2. The van der Waals surface area contributed by atoms with Crippen LogP contribution in [-0.4, -0.2) is 31.6 Å². The highest BCUT2D eigenvalue weighted by Gasteiger charge is 2.16. The molecule has 1 atom stereocenters. The maximum atomic E-state index is 12.7. The van der Waals surface area contributed by atoms with E-state index in [1.165, 1.54) is 20.3 Å². The number of ether oxygens (including phenoxy) is 2. The zero-order valence-electron chi connectivity index (χ0n) is 15.4. The van der Waals surface area contributed by atoms with E-state index in [1.807, 2.05) is 30.3 Å². The Morgan fingerprint density at radius 1 is 1.14 bits per heavy atom. The van der Waals surface area contributed by atoms with Gasteiger partial charge in [-0.25, -0.2) is 4.79 Å². The van der Waals surface area contributed by atoms with Crippen LogP contribution in [0.5, 0.6) is 5.75 Å². The molecule has 3 aromatic rings. The van der Waals surface area contributed by atoms with Crippen molar-refractivity contribution in [2.24, 2.45) is 0 Å². The largest absolute Gasteiger partial charge is 0.484 e. The molecular formula is C21H19NO6. The van der Waals surface area contributed by atoms with Crippen molar-refractivity contribution >= 4 is 22.8 Å². The fourth-order valence-corrected chi connectivity index (χ4v) is 2.68. The molecule has 7 nitrogen and oxygen atoms in total. The monoisotopic (exact) mass is 381 g/mol. The quantitative estimate of drug-likeness (QED) is 0.660. The number of hydrogen-bond acceptors (Lipinski definition) is 6. The van der Waals surface area contributed by atoms with Gasteiger partial charge in [0.2, 0.25) is 0 Å². The van der Waals surface area contributed by atoms with Crippen molar-refractivity contribution < 1.29 is 23.5 Å². The van der Waals surface area contributed by atoms with Crippen LogP contribution in [-0.2, 0) is 14.3 Å². The third-order valence-electron chi connectivity index (χ3n) is 4.13. The Morgan fingerprint density at radius 2 is 1.89 bits per heavy atom. The lowest BCUT2D eigenvalue weighted by Gasteiger charge is -2.12. The van der Waals surface area contributed by atoms with E-state index in [4.69, 9.17) is 9.15 Å². The van der Waals surface area contributed by atoms with Crippen LogP contribution in [0.2, 0.25) is 0 Å². The topological polar surface area (TPSA) is 94.8 Å². The van der Waals surface area contributed by atoms with E-state index in [1.54, 1.807) is 18.2 Å². The van der Waals surface area contributed by atoms with Crippen LogP contribution in [0.25, 0.3) is 22.1 Å². The van der Waals surface area contributed by atoms with Crippen molar-refractivity contribution in [1.29, 1.82) is 0 Å². The van der Waals surface area contributed by atoms with Crippen LogP contribution in [0, 0.1) is 0 Å². The zero-order chi connectivity index (χ0) is 20.1. The average molecular weight is 381 g/mol. The highest BCUT2D eigenvalue weighted by Crippen LogP contribution is 2.23. The van der Waals surface area contributed by atoms with Crippen molar-refractivity contribution in [3.8, 4) is 16.9 Å².